The molecule has 0 bridgehead atoms. The van der Waals surface area contributed by atoms with E-state index in [-0.39, 0.29) is 5.75 Å². The molecule has 0 saturated carbocycles. The van der Waals surface area contributed by atoms with Crippen molar-refractivity contribution in [3.8, 4) is 0 Å². The number of ether oxygens (including phenoxy) is 1. The monoisotopic (exact) mass is 301 g/mol. The van der Waals surface area contributed by atoms with Crippen LogP contribution >= 0.6 is 11.8 Å². The maximum atomic E-state index is 10.7. The lowest BCUT2D eigenvalue weighted by atomic mass is 10.1. The molecule has 1 aromatic heterocycles. The fourth-order valence-corrected chi connectivity index (χ4v) is 2.59. The zero-order chi connectivity index (χ0) is 15.1. The van der Waals surface area contributed by atoms with Crippen LogP contribution in [0.15, 0.2) is 5.16 Å². The van der Waals surface area contributed by atoms with E-state index in [1.807, 2.05) is 4.57 Å². The molecule has 7 heteroatoms. The summed E-state index contributed by atoms with van der Waals surface area (Å²) in [6, 6.07) is 0. The van der Waals surface area contributed by atoms with Crippen LogP contribution in [-0.2, 0) is 22.5 Å². The van der Waals surface area contributed by atoms with E-state index in [1.54, 1.807) is 7.11 Å². The smallest absolute Gasteiger partial charge is 0.313 e. The number of methoxy groups -OCH3 is 1. The van der Waals surface area contributed by atoms with Crippen LogP contribution in [0.5, 0.6) is 0 Å². The number of carbonyl (C=O) groups is 1. The van der Waals surface area contributed by atoms with E-state index >= 15 is 0 Å². The van der Waals surface area contributed by atoms with Gasteiger partial charge in [0.05, 0.1) is 5.75 Å². The minimum absolute atomic E-state index is 0.00382. The van der Waals surface area contributed by atoms with Gasteiger partial charge in [-0.1, -0.05) is 32.5 Å². The Labute approximate surface area is 123 Å². The first kappa shape index (κ1) is 17.0. The average Bonchev–Trinajstić information content (AvgIpc) is 2.69. The molecule has 0 aromatic carbocycles. The van der Waals surface area contributed by atoms with Gasteiger partial charge in [0.1, 0.15) is 5.82 Å². The van der Waals surface area contributed by atoms with Gasteiger partial charge in [-0.2, -0.15) is 0 Å². The molecule has 0 saturated heterocycles. The molecule has 1 heterocycles. The molecular formula is C13H23N3O3S. The second-order valence-corrected chi connectivity index (χ2v) is 6.29. The Morgan fingerprint density at radius 3 is 2.65 bits per heavy atom. The summed E-state index contributed by atoms with van der Waals surface area (Å²) in [6.07, 6.45) is 0.779. The normalized spacial score (nSPS) is 12.8. The van der Waals surface area contributed by atoms with Crippen molar-refractivity contribution in [1.29, 1.82) is 0 Å². The zero-order valence-corrected chi connectivity index (χ0v) is 13.3. The second kappa shape index (κ2) is 8.26. The molecule has 0 spiro atoms. The lowest BCUT2D eigenvalue weighted by molar-refractivity contribution is -0.133. The minimum atomic E-state index is -0.844. The summed E-state index contributed by atoms with van der Waals surface area (Å²) >= 11 is 1.22. The largest absolute Gasteiger partial charge is 0.481 e. The Bertz CT molecular complexity index is 434. The molecule has 1 rings (SSSR count). The number of aromatic nitrogens is 3. The van der Waals surface area contributed by atoms with Crippen LogP contribution in [0.4, 0.5) is 0 Å². The summed E-state index contributed by atoms with van der Waals surface area (Å²) in [5.74, 6) is 0.864. The van der Waals surface area contributed by atoms with Crippen LogP contribution < -0.4 is 0 Å². The Morgan fingerprint density at radius 2 is 2.10 bits per heavy atom. The highest BCUT2D eigenvalue weighted by atomic mass is 32.2. The van der Waals surface area contributed by atoms with Crippen molar-refractivity contribution in [2.75, 3.05) is 19.5 Å². The van der Waals surface area contributed by atoms with Crippen molar-refractivity contribution in [3.05, 3.63) is 5.82 Å². The number of hydrogen-bond acceptors (Lipinski definition) is 5. The lowest BCUT2D eigenvalue weighted by Gasteiger charge is -2.14. The summed E-state index contributed by atoms with van der Waals surface area (Å²) in [5.41, 5.74) is 0. The van der Waals surface area contributed by atoms with Gasteiger partial charge in [0.15, 0.2) is 5.16 Å². The first-order chi connectivity index (χ1) is 9.43. The number of aliphatic carboxylic acids is 1. The molecule has 20 heavy (non-hydrogen) atoms. The second-order valence-electron chi connectivity index (χ2n) is 5.35. The number of hydrogen-bond donors (Lipinski definition) is 1. The predicted octanol–water partition coefficient (Wildman–Crippen LogP) is 1.94. The number of carboxylic acid groups (broad SMARTS) is 1. The average molecular weight is 301 g/mol. The fraction of sp³-hybridized carbons (Fsp3) is 0.769. The van der Waals surface area contributed by atoms with Gasteiger partial charge in [-0.05, 0) is 11.8 Å². The maximum absolute atomic E-state index is 10.7. The third-order valence-electron chi connectivity index (χ3n) is 2.65. The molecule has 1 unspecified atom stereocenters. The van der Waals surface area contributed by atoms with Gasteiger partial charge < -0.3 is 14.4 Å². The molecule has 1 N–H and O–H groups in total. The van der Waals surface area contributed by atoms with Gasteiger partial charge in [-0.3, -0.25) is 4.79 Å². The number of thioether (sulfide) groups is 1. The molecule has 0 fully saturated rings. The lowest BCUT2D eigenvalue weighted by Crippen LogP contribution is -2.15. The third kappa shape index (κ3) is 5.50. The van der Waals surface area contributed by atoms with E-state index in [4.69, 9.17) is 9.84 Å². The summed E-state index contributed by atoms with van der Waals surface area (Å²) in [7, 11) is 1.68. The van der Waals surface area contributed by atoms with Gasteiger partial charge in [-0.25, -0.2) is 0 Å². The van der Waals surface area contributed by atoms with Crippen molar-refractivity contribution in [3.63, 3.8) is 0 Å². The molecule has 0 amide bonds. The zero-order valence-electron chi connectivity index (χ0n) is 12.5. The summed E-state index contributed by atoms with van der Waals surface area (Å²) in [6.45, 7) is 7.81. The molecule has 0 radical (unpaired) electrons. The van der Waals surface area contributed by atoms with Crippen LogP contribution in [0.2, 0.25) is 0 Å². The third-order valence-corrected chi connectivity index (χ3v) is 3.60. The maximum Gasteiger partial charge on any atom is 0.313 e. The van der Waals surface area contributed by atoms with Crippen LogP contribution in [-0.4, -0.2) is 45.3 Å². The highest BCUT2D eigenvalue weighted by molar-refractivity contribution is 7.99. The van der Waals surface area contributed by atoms with Gasteiger partial charge >= 0.3 is 5.97 Å². The van der Waals surface area contributed by atoms with Crippen molar-refractivity contribution in [2.24, 2.45) is 11.8 Å². The molecular weight excluding hydrogens is 278 g/mol. The summed E-state index contributed by atoms with van der Waals surface area (Å²) in [4.78, 5) is 10.7. The van der Waals surface area contributed by atoms with Crippen LogP contribution in [0.3, 0.4) is 0 Å². The Hall–Kier alpha value is -1.08. The van der Waals surface area contributed by atoms with Crippen molar-refractivity contribution >= 4 is 17.7 Å². The highest BCUT2D eigenvalue weighted by Gasteiger charge is 2.17. The van der Waals surface area contributed by atoms with Crippen LogP contribution in [0, 0.1) is 11.8 Å². The Kier molecular flexibility index (Phi) is 7.01. The SMILES string of the molecule is COCC(C)Cc1nnc(SCC(=O)O)n1CC(C)C. The van der Waals surface area contributed by atoms with Gasteiger partial charge in [-0.15, -0.1) is 10.2 Å². The molecule has 0 aliphatic carbocycles. The first-order valence-corrected chi connectivity index (χ1v) is 7.68. The summed E-state index contributed by atoms with van der Waals surface area (Å²) in [5, 5.41) is 17.8. The molecule has 0 aliphatic rings. The van der Waals surface area contributed by atoms with E-state index in [0.717, 1.165) is 18.8 Å². The van der Waals surface area contributed by atoms with Crippen molar-refractivity contribution in [2.45, 2.75) is 38.9 Å². The van der Waals surface area contributed by atoms with E-state index < -0.39 is 5.97 Å². The number of rotatable bonds is 9. The van der Waals surface area contributed by atoms with Crippen molar-refractivity contribution < 1.29 is 14.6 Å². The van der Waals surface area contributed by atoms with E-state index in [0.29, 0.717) is 23.6 Å². The molecule has 6 nitrogen and oxygen atoms in total. The number of nitrogens with zero attached hydrogens (tertiary/aromatic N) is 3. The van der Waals surface area contributed by atoms with E-state index in [9.17, 15) is 4.79 Å². The standard InChI is InChI=1S/C13H23N3O3S/c1-9(2)6-16-11(5-10(3)7-19-4)14-15-13(16)20-8-12(17)18/h9-10H,5-8H2,1-4H3,(H,17,18). The molecule has 1 aromatic rings. The van der Waals surface area contributed by atoms with Gasteiger partial charge in [0, 0.05) is 26.7 Å². The molecule has 0 aliphatic heterocycles. The van der Waals surface area contributed by atoms with Crippen molar-refractivity contribution in [1.82, 2.24) is 14.8 Å². The number of carboxylic acids is 1. The quantitative estimate of drug-likeness (QED) is 0.702. The molecule has 114 valence electrons. The minimum Gasteiger partial charge on any atom is -0.481 e. The van der Waals surface area contributed by atoms with Crippen LogP contribution in [0.25, 0.3) is 0 Å². The predicted molar refractivity (Wildman–Crippen MR) is 78.0 cm³/mol. The van der Waals surface area contributed by atoms with Crippen LogP contribution in [0.1, 0.15) is 26.6 Å². The van der Waals surface area contributed by atoms with Gasteiger partial charge in [0.25, 0.3) is 0 Å². The fourth-order valence-electron chi connectivity index (χ4n) is 1.91. The topological polar surface area (TPSA) is 77.2 Å². The Balaban J connectivity index is 2.84. The Morgan fingerprint density at radius 1 is 1.40 bits per heavy atom. The van der Waals surface area contributed by atoms with E-state index in [1.165, 1.54) is 11.8 Å². The summed E-state index contributed by atoms with van der Waals surface area (Å²) < 4.78 is 7.17. The van der Waals surface area contributed by atoms with E-state index in [2.05, 4.69) is 31.0 Å². The first-order valence-electron chi connectivity index (χ1n) is 6.69. The van der Waals surface area contributed by atoms with Gasteiger partial charge in [0.2, 0.25) is 0 Å². The highest BCUT2D eigenvalue weighted by Crippen LogP contribution is 2.20. The molecule has 1 atom stereocenters.